The smallest absolute Gasteiger partial charge is 0.250 e. The summed E-state index contributed by atoms with van der Waals surface area (Å²) >= 11 is 0. The lowest BCUT2D eigenvalue weighted by molar-refractivity contribution is 0.0909. The molecule has 4 rings (SSSR count). The van der Waals surface area contributed by atoms with Crippen molar-refractivity contribution in [2.75, 3.05) is 5.32 Å². The van der Waals surface area contributed by atoms with Gasteiger partial charge in [0.05, 0.1) is 5.56 Å². The third-order valence-corrected chi connectivity index (χ3v) is 6.08. The lowest BCUT2D eigenvalue weighted by atomic mass is 9.75. The second kappa shape index (κ2) is 7.73. The Hall–Kier alpha value is -3.34. The number of ketones is 1. The molecule has 1 atom stereocenters. The van der Waals surface area contributed by atoms with Gasteiger partial charge < -0.3 is 15.6 Å². The first-order valence-corrected chi connectivity index (χ1v) is 10.7. The first-order chi connectivity index (χ1) is 14.7. The highest BCUT2D eigenvalue weighted by Crippen LogP contribution is 2.38. The number of carbonyl (C=O) groups is 2. The molecule has 5 nitrogen and oxygen atoms in total. The molecule has 3 N–H and O–H groups in total. The van der Waals surface area contributed by atoms with Crippen LogP contribution in [-0.4, -0.2) is 16.3 Å². The maximum atomic E-state index is 12.8. The van der Waals surface area contributed by atoms with Crippen molar-refractivity contribution in [1.29, 1.82) is 0 Å². The zero-order valence-corrected chi connectivity index (χ0v) is 18.5. The van der Waals surface area contributed by atoms with Crippen LogP contribution in [0.5, 0.6) is 0 Å². The van der Waals surface area contributed by atoms with Crippen LogP contribution in [0.15, 0.2) is 54.7 Å². The van der Waals surface area contributed by atoms with E-state index in [0.29, 0.717) is 17.7 Å². The van der Waals surface area contributed by atoms with Gasteiger partial charge in [-0.1, -0.05) is 44.2 Å². The number of aromatic nitrogens is 1. The van der Waals surface area contributed by atoms with E-state index in [2.05, 4.69) is 30.7 Å². The summed E-state index contributed by atoms with van der Waals surface area (Å²) in [6, 6.07) is 15.7. The number of rotatable bonds is 5. The lowest BCUT2D eigenvalue weighted by Crippen LogP contribution is -2.28. The van der Waals surface area contributed by atoms with Crippen molar-refractivity contribution in [3.63, 3.8) is 0 Å². The number of nitrogens with two attached hydrogens (primary N) is 1. The molecule has 0 bridgehead atoms. The molecule has 1 heterocycles. The van der Waals surface area contributed by atoms with Crippen molar-refractivity contribution < 1.29 is 9.59 Å². The lowest BCUT2D eigenvalue weighted by Gasteiger charge is -2.30. The predicted molar refractivity (Wildman–Crippen MR) is 124 cm³/mol. The average molecular weight is 416 g/mol. The fraction of sp³-hybridized carbons (Fsp3) is 0.308. The highest BCUT2D eigenvalue weighted by Gasteiger charge is 2.34. The molecule has 1 aromatic heterocycles. The van der Waals surface area contributed by atoms with Gasteiger partial charge in [-0.05, 0) is 55.0 Å². The predicted octanol–water partition coefficient (Wildman–Crippen LogP) is 5.21. The minimum absolute atomic E-state index is 0.00428. The van der Waals surface area contributed by atoms with Crippen molar-refractivity contribution in [1.82, 2.24) is 4.57 Å². The molecule has 0 fully saturated rings. The normalized spacial score (nSPS) is 15.9. The van der Waals surface area contributed by atoms with E-state index in [1.165, 1.54) is 0 Å². The van der Waals surface area contributed by atoms with Gasteiger partial charge in [0.2, 0.25) is 0 Å². The number of nitrogens with one attached hydrogen (secondary N) is 1. The summed E-state index contributed by atoms with van der Waals surface area (Å²) in [5.74, 6) is -0.274. The molecular formula is C26H29N3O2. The molecular weight excluding hydrogens is 386 g/mol. The number of hydrogen-bond acceptors (Lipinski definition) is 3. The first kappa shape index (κ1) is 20.9. The third kappa shape index (κ3) is 4.00. The number of anilines is 1. The Morgan fingerprint density at radius 1 is 1.13 bits per heavy atom. The molecule has 0 spiro atoms. The molecule has 5 heteroatoms. The van der Waals surface area contributed by atoms with Gasteiger partial charge in [-0.3, -0.25) is 9.59 Å². The van der Waals surface area contributed by atoms with Crippen LogP contribution in [0.2, 0.25) is 0 Å². The van der Waals surface area contributed by atoms with Crippen LogP contribution in [0.3, 0.4) is 0 Å². The van der Waals surface area contributed by atoms with E-state index in [1.807, 2.05) is 55.6 Å². The van der Waals surface area contributed by atoms with Crippen LogP contribution in [0.25, 0.3) is 5.69 Å². The largest absolute Gasteiger partial charge is 0.378 e. The Kier molecular flexibility index (Phi) is 5.21. The van der Waals surface area contributed by atoms with Crippen LogP contribution < -0.4 is 11.1 Å². The summed E-state index contributed by atoms with van der Waals surface area (Å²) in [4.78, 5) is 24.9. The number of nitrogens with zero attached hydrogens (tertiary/aromatic N) is 1. The van der Waals surface area contributed by atoms with E-state index < -0.39 is 5.91 Å². The zero-order chi connectivity index (χ0) is 22.3. The molecule has 1 amide bonds. The fourth-order valence-corrected chi connectivity index (χ4v) is 4.58. The molecule has 0 radical (unpaired) electrons. The molecule has 0 unspecified atom stereocenters. The Bertz CT molecular complexity index is 1160. The number of Topliss-reactive ketones (excluding diaryl/α,β-unsaturated/α-hetero) is 1. The second-order valence-corrected chi connectivity index (χ2v) is 9.32. The highest BCUT2D eigenvalue weighted by molar-refractivity contribution is 6.01. The van der Waals surface area contributed by atoms with Crippen molar-refractivity contribution in [3.05, 3.63) is 82.7 Å². The number of primary amides is 1. The summed E-state index contributed by atoms with van der Waals surface area (Å²) in [6.07, 6.45) is 3.41. The van der Waals surface area contributed by atoms with Gasteiger partial charge in [-0.15, -0.1) is 0 Å². The fourth-order valence-electron chi connectivity index (χ4n) is 4.58. The SMILES string of the molecule is Cc1cn(-c2ccc(C(N)=O)c(N[C@@H](C)c3ccccc3)c2)c2c1C(=O)CC(C)(C)C2. The van der Waals surface area contributed by atoms with Crippen molar-refractivity contribution >= 4 is 17.4 Å². The van der Waals surface area contributed by atoms with Gasteiger partial charge in [-0.2, -0.15) is 0 Å². The zero-order valence-electron chi connectivity index (χ0n) is 18.5. The quantitative estimate of drug-likeness (QED) is 0.600. The second-order valence-electron chi connectivity index (χ2n) is 9.32. The number of aryl methyl sites for hydroxylation is 1. The van der Waals surface area contributed by atoms with Gasteiger partial charge in [0.1, 0.15) is 0 Å². The molecule has 1 aliphatic carbocycles. The molecule has 2 aromatic carbocycles. The van der Waals surface area contributed by atoms with Crippen LogP contribution >= 0.6 is 0 Å². The van der Waals surface area contributed by atoms with E-state index in [0.717, 1.165) is 34.5 Å². The minimum Gasteiger partial charge on any atom is -0.378 e. The molecule has 0 saturated carbocycles. The van der Waals surface area contributed by atoms with Gasteiger partial charge in [-0.25, -0.2) is 0 Å². The Balaban J connectivity index is 1.78. The van der Waals surface area contributed by atoms with E-state index >= 15 is 0 Å². The summed E-state index contributed by atoms with van der Waals surface area (Å²) < 4.78 is 2.09. The monoisotopic (exact) mass is 415 g/mol. The van der Waals surface area contributed by atoms with Crippen molar-refractivity contribution in [2.45, 2.75) is 46.6 Å². The molecule has 0 aliphatic heterocycles. The van der Waals surface area contributed by atoms with E-state index in [1.54, 1.807) is 6.07 Å². The van der Waals surface area contributed by atoms with E-state index in [9.17, 15) is 9.59 Å². The van der Waals surface area contributed by atoms with Crippen LogP contribution in [0.1, 0.15) is 70.8 Å². The molecule has 0 saturated heterocycles. The van der Waals surface area contributed by atoms with Gasteiger partial charge in [0.15, 0.2) is 5.78 Å². The summed E-state index contributed by atoms with van der Waals surface area (Å²) in [5, 5.41) is 3.45. The first-order valence-electron chi connectivity index (χ1n) is 10.7. The standard InChI is InChI=1S/C26H29N3O2/c1-16-15-29(22-13-26(3,4)14-23(30)24(16)22)19-10-11-20(25(27)31)21(12-19)28-17(2)18-8-6-5-7-9-18/h5-12,15,17,28H,13-14H2,1-4H3,(H2,27,31)/t17-/m0/s1. The number of fused-ring (bicyclic) bond motifs is 1. The Morgan fingerprint density at radius 3 is 2.52 bits per heavy atom. The van der Waals surface area contributed by atoms with Crippen LogP contribution in [-0.2, 0) is 6.42 Å². The Morgan fingerprint density at radius 2 is 1.84 bits per heavy atom. The molecule has 1 aliphatic rings. The van der Waals surface area contributed by atoms with Crippen LogP contribution in [0, 0.1) is 12.3 Å². The minimum atomic E-state index is -0.476. The Labute approximate surface area is 183 Å². The molecule has 3 aromatic rings. The summed E-state index contributed by atoms with van der Waals surface area (Å²) in [7, 11) is 0. The van der Waals surface area contributed by atoms with E-state index in [-0.39, 0.29) is 17.2 Å². The third-order valence-electron chi connectivity index (χ3n) is 6.08. The molecule has 160 valence electrons. The number of hydrogen-bond donors (Lipinski definition) is 2. The number of amides is 1. The average Bonchev–Trinajstić information content (AvgIpc) is 3.03. The summed E-state index contributed by atoms with van der Waals surface area (Å²) in [5.41, 5.74) is 11.6. The van der Waals surface area contributed by atoms with Crippen molar-refractivity contribution in [3.8, 4) is 5.69 Å². The van der Waals surface area contributed by atoms with Gasteiger partial charge >= 0.3 is 0 Å². The van der Waals surface area contributed by atoms with E-state index in [4.69, 9.17) is 5.73 Å². The van der Waals surface area contributed by atoms with Gasteiger partial charge in [0.25, 0.3) is 5.91 Å². The topological polar surface area (TPSA) is 77.1 Å². The maximum absolute atomic E-state index is 12.8. The summed E-state index contributed by atoms with van der Waals surface area (Å²) in [6.45, 7) is 8.30. The number of benzene rings is 2. The maximum Gasteiger partial charge on any atom is 0.250 e. The number of carbonyl (C=O) groups excluding carboxylic acids is 2. The van der Waals surface area contributed by atoms with Crippen molar-refractivity contribution in [2.24, 2.45) is 11.1 Å². The molecule has 31 heavy (non-hydrogen) atoms. The highest BCUT2D eigenvalue weighted by atomic mass is 16.1. The van der Waals surface area contributed by atoms with Gasteiger partial charge in [0, 0.05) is 41.3 Å². The van der Waals surface area contributed by atoms with Crippen LogP contribution in [0.4, 0.5) is 5.69 Å².